The third kappa shape index (κ3) is 2.13. The number of hydrogen-bond acceptors (Lipinski definition) is 4. The molecular formula is C16H15NO3. The van der Waals surface area contributed by atoms with Crippen LogP contribution in [0.4, 0.5) is 0 Å². The number of carbonyl (C=O) groups excluding carboxylic acids is 1. The van der Waals surface area contributed by atoms with Gasteiger partial charge in [-0.2, -0.15) is 0 Å². The van der Waals surface area contributed by atoms with Gasteiger partial charge in [-0.05, 0) is 30.2 Å². The van der Waals surface area contributed by atoms with E-state index >= 15 is 0 Å². The molecule has 1 aliphatic heterocycles. The normalized spacial score (nSPS) is 13.7. The average Bonchev–Trinajstić information content (AvgIpc) is 2.50. The zero-order chi connectivity index (χ0) is 14.1. The van der Waals surface area contributed by atoms with E-state index in [2.05, 4.69) is 4.98 Å². The van der Waals surface area contributed by atoms with Gasteiger partial charge in [0.05, 0.1) is 13.0 Å². The van der Waals surface area contributed by atoms with Crippen molar-refractivity contribution in [2.75, 3.05) is 7.11 Å². The van der Waals surface area contributed by atoms with Gasteiger partial charge in [-0.15, -0.1) is 0 Å². The lowest BCUT2D eigenvalue weighted by molar-refractivity contribution is -0.141. The van der Waals surface area contributed by atoms with Crippen molar-refractivity contribution in [1.82, 2.24) is 4.98 Å². The minimum atomic E-state index is -0.277. The van der Waals surface area contributed by atoms with Crippen molar-refractivity contribution in [3.63, 3.8) is 0 Å². The van der Waals surface area contributed by atoms with Crippen LogP contribution in [-0.2, 0) is 16.0 Å². The molecular weight excluding hydrogens is 254 g/mol. The number of rotatable bonds is 2. The van der Waals surface area contributed by atoms with E-state index in [4.69, 9.17) is 9.47 Å². The van der Waals surface area contributed by atoms with Gasteiger partial charge in [-0.25, -0.2) is 4.98 Å². The first-order valence-corrected chi connectivity index (χ1v) is 6.51. The predicted molar refractivity (Wildman–Crippen MR) is 74.0 cm³/mol. The second-order valence-electron chi connectivity index (χ2n) is 4.86. The molecule has 0 amide bonds. The number of esters is 1. The molecule has 20 heavy (non-hydrogen) atoms. The number of hydrogen-bond donors (Lipinski definition) is 0. The molecule has 2 heterocycles. The van der Waals surface area contributed by atoms with E-state index in [1.165, 1.54) is 7.11 Å². The van der Waals surface area contributed by atoms with E-state index in [-0.39, 0.29) is 11.9 Å². The standard InChI is InChI=1S/C16H15NO3/c1-10(16(18)19-2)11-5-6-14-13(8-11)9-12-4-3-7-17-15(12)20-14/h3-8,10H,9H2,1-2H3. The van der Waals surface area contributed by atoms with Crippen molar-refractivity contribution in [3.8, 4) is 11.6 Å². The maximum absolute atomic E-state index is 11.6. The first-order chi connectivity index (χ1) is 9.69. The molecule has 1 aromatic carbocycles. The summed E-state index contributed by atoms with van der Waals surface area (Å²) in [4.78, 5) is 15.8. The maximum atomic E-state index is 11.6. The first-order valence-electron chi connectivity index (χ1n) is 6.51. The molecule has 4 heteroatoms. The summed E-state index contributed by atoms with van der Waals surface area (Å²) in [6.45, 7) is 1.84. The molecule has 1 unspecified atom stereocenters. The van der Waals surface area contributed by atoms with Crippen molar-refractivity contribution < 1.29 is 14.3 Å². The van der Waals surface area contributed by atoms with Crippen LogP contribution in [0.5, 0.6) is 11.6 Å². The van der Waals surface area contributed by atoms with Gasteiger partial charge in [-0.1, -0.05) is 18.2 Å². The first kappa shape index (κ1) is 12.7. The Morgan fingerprint density at radius 1 is 1.35 bits per heavy atom. The van der Waals surface area contributed by atoms with E-state index in [0.717, 1.165) is 28.9 Å². The number of ether oxygens (including phenoxy) is 2. The summed E-state index contributed by atoms with van der Waals surface area (Å²) in [6, 6.07) is 9.69. The molecule has 1 aromatic heterocycles. The topological polar surface area (TPSA) is 48.4 Å². The summed E-state index contributed by atoms with van der Waals surface area (Å²) in [5.74, 6) is 0.954. The van der Waals surface area contributed by atoms with Gasteiger partial charge in [0.2, 0.25) is 5.88 Å². The molecule has 1 atom stereocenters. The third-order valence-electron chi connectivity index (χ3n) is 3.58. The minimum Gasteiger partial charge on any atom is -0.469 e. The van der Waals surface area contributed by atoms with E-state index in [9.17, 15) is 4.79 Å². The number of fused-ring (bicyclic) bond motifs is 2. The molecule has 0 fully saturated rings. The summed E-state index contributed by atoms with van der Waals surface area (Å²) >= 11 is 0. The quantitative estimate of drug-likeness (QED) is 0.671. The zero-order valence-corrected chi connectivity index (χ0v) is 11.4. The number of pyridine rings is 1. The molecule has 0 spiro atoms. The van der Waals surface area contributed by atoms with Gasteiger partial charge in [0.25, 0.3) is 0 Å². The summed E-state index contributed by atoms with van der Waals surface area (Å²) < 4.78 is 10.6. The molecule has 0 N–H and O–H groups in total. The van der Waals surface area contributed by atoms with Crippen LogP contribution in [0.15, 0.2) is 36.5 Å². The molecule has 0 bridgehead atoms. The number of methoxy groups -OCH3 is 1. The van der Waals surface area contributed by atoms with Crippen LogP contribution in [0.2, 0.25) is 0 Å². The Labute approximate surface area is 117 Å². The summed E-state index contributed by atoms with van der Waals surface area (Å²) in [6.07, 6.45) is 2.48. The fourth-order valence-corrected chi connectivity index (χ4v) is 2.38. The van der Waals surface area contributed by atoms with Gasteiger partial charge >= 0.3 is 5.97 Å². The van der Waals surface area contributed by atoms with Crippen molar-refractivity contribution in [1.29, 1.82) is 0 Å². The van der Waals surface area contributed by atoms with Crippen molar-refractivity contribution >= 4 is 5.97 Å². The van der Waals surface area contributed by atoms with Gasteiger partial charge in [0, 0.05) is 18.2 Å². The van der Waals surface area contributed by atoms with E-state index < -0.39 is 0 Å². The lowest BCUT2D eigenvalue weighted by Crippen LogP contribution is -2.12. The van der Waals surface area contributed by atoms with Gasteiger partial charge in [0.15, 0.2) is 0 Å². The molecule has 4 nitrogen and oxygen atoms in total. The van der Waals surface area contributed by atoms with Crippen molar-refractivity contribution in [3.05, 3.63) is 53.2 Å². The van der Waals surface area contributed by atoms with E-state index in [1.54, 1.807) is 6.20 Å². The Bertz CT molecular complexity index is 667. The molecule has 0 radical (unpaired) electrons. The van der Waals surface area contributed by atoms with Crippen LogP contribution in [-0.4, -0.2) is 18.1 Å². The summed E-state index contributed by atoms with van der Waals surface area (Å²) in [5.41, 5.74) is 3.06. The second kappa shape index (κ2) is 4.96. The molecule has 0 aliphatic carbocycles. The summed E-state index contributed by atoms with van der Waals surface area (Å²) in [7, 11) is 1.41. The third-order valence-corrected chi connectivity index (χ3v) is 3.58. The fraction of sp³-hybridized carbons (Fsp3) is 0.250. The molecule has 2 aromatic rings. The second-order valence-corrected chi connectivity index (χ2v) is 4.86. The molecule has 0 saturated heterocycles. The minimum absolute atomic E-state index is 0.233. The smallest absolute Gasteiger partial charge is 0.312 e. The highest BCUT2D eigenvalue weighted by Gasteiger charge is 2.21. The van der Waals surface area contributed by atoms with Crippen LogP contribution < -0.4 is 4.74 Å². The van der Waals surface area contributed by atoms with Gasteiger partial charge in [0.1, 0.15) is 5.75 Å². The SMILES string of the molecule is COC(=O)C(C)c1ccc2c(c1)Cc1cccnc1O2. The number of benzene rings is 1. The average molecular weight is 269 g/mol. The molecule has 102 valence electrons. The Morgan fingerprint density at radius 3 is 3.00 bits per heavy atom. The van der Waals surface area contributed by atoms with Crippen LogP contribution >= 0.6 is 0 Å². The Morgan fingerprint density at radius 2 is 2.20 bits per heavy atom. The highest BCUT2D eigenvalue weighted by molar-refractivity contribution is 5.77. The number of carbonyl (C=O) groups is 1. The fourth-order valence-electron chi connectivity index (χ4n) is 2.38. The Kier molecular flexibility index (Phi) is 3.14. The van der Waals surface area contributed by atoms with Crippen LogP contribution in [0, 0.1) is 0 Å². The van der Waals surface area contributed by atoms with Gasteiger partial charge < -0.3 is 9.47 Å². The van der Waals surface area contributed by atoms with Crippen LogP contribution in [0.25, 0.3) is 0 Å². The van der Waals surface area contributed by atoms with Crippen LogP contribution in [0.1, 0.15) is 29.5 Å². The Hall–Kier alpha value is -2.36. The molecule has 3 rings (SSSR count). The highest BCUT2D eigenvalue weighted by Crippen LogP contribution is 2.36. The van der Waals surface area contributed by atoms with E-state index in [0.29, 0.717) is 5.88 Å². The lowest BCUT2D eigenvalue weighted by Gasteiger charge is -2.20. The van der Waals surface area contributed by atoms with Gasteiger partial charge in [-0.3, -0.25) is 4.79 Å². The summed E-state index contributed by atoms with van der Waals surface area (Å²) in [5, 5.41) is 0. The lowest BCUT2D eigenvalue weighted by atomic mass is 9.95. The Balaban J connectivity index is 1.94. The molecule has 1 aliphatic rings. The van der Waals surface area contributed by atoms with Crippen LogP contribution in [0.3, 0.4) is 0 Å². The van der Waals surface area contributed by atoms with Crippen molar-refractivity contribution in [2.45, 2.75) is 19.3 Å². The number of nitrogens with zero attached hydrogens (tertiary/aromatic N) is 1. The zero-order valence-electron chi connectivity index (χ0n) is 11.4. The highest BCUT2D eigenvalue weighted by atomic mass is 16.5. The van der Waals surface area contributed by atoms with E-state index in [1.807, 2.05) is 37.3 Å². The number of aromatic nitrogens is 1. The monoisotopic (exact) mass is 269 g/mol. The maximum Gasteiger partial charge on any atom is 0.312 e. The largest absolute Gasteiger partial charge is 0.469 e. The van der Waals surface area contributed by atoms with Crippen molar-refractivity contribution in [2.24, 2.45) is 0 Å². The molecule has 0 saturated carbocycles. The predicted octanol–water partition coefficient (Wildman–Crippen LogP) is 3.05.